The van der Waals surface area contributed by atoms with Crippen molar-refractivity contribution in [2.75, 3.05) is 0 Å². The van der Waals surface area contributed by atoms with Crippen LogP contribution in [-0.4, -0.2) is 16.0 Å². The molecule has 3 N–H and O–H groups in total. The maximum absolute atomic E-state index is 8.85. The number of oxime groups is 1. The summed E-state index contributed by atoms with van der Waals surface area (Å²) in [5.41, 5.74) is 6.31. The van der Waals surface area contributed by atoms with Crippen molar-refractivity contribution in [3.63, 3.8) is 0 Å². The third-order valence-corrected chi connectivity index (χ3v) is 4.10. The summed E-state index contributed by atoms with van der Waals surface area (Å²) in [4.78, 5) is 5.37. The van der Waals surface area contributed by atoms with Crippen molar-refractivity contribution in [2.24, 2.45) is 10.9 Å². The zero-order valence-corrected chi connectivity index (χ0v) is 11.9. The van der Waals surface area contributed by atoms with Gasteiger partial charge in [0.25, 0.3) is 0 Å². The van der Waals surface area contributed by atoms with Crippen LogP contribution >= 0.6 is 11.8 Å². The Morgan fingerprint density at radius 2 is 1.86 bits per heavy atom. The van der Waals surface area contributed by atoms with Crippen LogP contribution in [0.25, 0.3) is 10.8 Å². The molecule has 5 heteroatoms. The summed E-state index contributed by atoms with van der Waals surface area (Å²) in [6.07, 6.45) is 1.69. The van der Waals surface area contributed by atoms with E-state index in [2.05, 4.69) is 34.4 Å². The second-order valence-corrected chi connectivity index (χ2v) is 5.51. The number of hydrogen-bond donors (Lipinski definition) is 2. The van der Waals surface area contributed by atoms with Gasteiger partial charge < -0.3 is 10.9 Å². The van der Waals surface area contributed by atoms with Crippen LogP contribution < -0.4 is 5.73 Å². The highest BCUT2D eigenvalue weighted by Crippen LogP contribution is 2.30. The Bertz CT molecular complexity index is 817. The first-order valence-electron chi connectivity index (χ1n) is 6.37. The molecule has 104 valence electrons. The van der Waals surface area contributed by atoms with Gasteiger partial charge in [-0.1, -0.05) is 47.2 Å². The molecule has 0 radical (unpaired) electrons. The number of nitrogens with zero attached hydrogens (tertiary/aromatic N) is 2. The zero-order chi connectivity index (χ0) is 14.7. The van der Waals surface area contributed by atoms with Crippen molar-refractivity contribution in [1.82, 2.24) is 4.98 Å². The van der Waals surface area contributed by atoms with Crippen LogP contribution in [0, 0.1) is 0 Å². The number of amidine groups is 1. The number of aromatic nitrogens is 1. The van der Waals surface area contributed by atoms with Gasteiger partial charge in [0.2, 0.25) is 0 Å². The van der Waals surface area contributed by atoms with Gasteiger partial charge in [-0.25, -0.2) is 4.98 Å². The molecule has 0 spiro atoms. The average molecular weight is 295 g/mol. The smallest absolute Gasteiger partial charge is 0.172 e. The molecule has 0 unspecified atom stereocenters. The molecule has 0 saturated heterocycles. The summed E-state index contributed by atoms with van der Waals surface area (Å²) in [5, 5.41) is 15.0. The van der Waals surface area contributed by atoms with Crippen LogP contribution in [-0.2, 0) is 0 Å². The molecule has 2 aromatic carbocycles. The summed E-state index contributed by atoms with van der Waals surface area (Å²) in [6.45, 7) is 0. The van der Waals surface area contributed by atoms with Gasteiger partial charge in [0.05, 0.1) is 5.56 Å². The lowest BCUT2D eigenvalue weighted by Gasteiger charge is -2.07. The molecule has 3 rings (SSSR count). The number of benzene rings is 2. The molecule has 1 aromatic heterocycles. The molecule has 0 aliphatic rings. The molecule has 1 heterocycles. The molecule has 3 aromatic rings. The highest BCUT2D eigenvalue weighted by molar-refractivity contribution is 7.99. The maximum atomic E-state index is 8.85. The first-order valence-corrected chi connectivity index (χ1v) is 7.19. The molecule has 4 nitrogen and oxygen atoms in total. The van der Waals surface area contributed by atoms with Gasteiger partial charge in [-0.15, -0.1) is 0 Å². The SMILES string of the molecule is N/C(=N\O)c1cccnc1Sc1ccc2ccccc2c1. The van der Waals surface area contributed by atoms with Crippen molar-refractivity contribution in [2.45, 2.75) is 9.92 Å². The molecule has 0 saturated carbocycles. The van der Waals surface area contributed by atoms with Crippen LogP contribution in [0.1, 0.15) is 5.56 Å². The Labute approximate surface area is 126 Å². The van der Waals surface area contributed by atoms with E-state index >= 15 is 0 Å². The lowest BCUT2D eigenvalue weighted by molar-refractivity contribution is 0.318. The third kappa shape index (κ3) is 2.83. The van der Waals surface area contributed by atoms with E-state index in [9.17, 15) is 0 Å². The van der Waals surface area contributed by atoms with Crippen LogP contribution in [0.5, 0.6) is 0 Å². The largest absolute Gasteiger partial charge is 0.409 e. The predicted molar refractivity (Wildman–Crippen MR) is 84.8 cm³/mol. The first-order chi connectivity index (χ1) is 10.3. The van der Waals surface area contributed by atoms with E-state index in [4.69, 9.17) is 10.9 Å². The molecule has 0 amide bonds. The van der Waals surface area contributed by atoms with Gasteiger partial charge in [-0.3, -0.25) is 0 Å². The van der Waals surface area contributed by atoms with E-state index in [0.29, 0.717) is 10.6 Å². The van der Waals surface area contributed by atoms with Gasteiger partial charge >= 0.3 is 0 Å². The molecular weight excluding hydrogens is 282 g/mol. The summed E-state index contributed by atoms with van der Waals surface area (Å²) >= 11 is 1.49. The van der Waals surface area contributed by atoms with Crippen molar-refractivity contribution in [1.29, 1.82) is 0 Å². The van der Waals surface area contributed by atoms with E-state index in [1.54, 1.807) is 18.3 Å². The van der Waals surface area contributed by atoms with Crippen LogP contribution in [0.2, 0.25) is 0 Å². The van der Waals surface area contributed by atoms with E-state index < -0.39 is 0 Å². The fraction of sp³-hybridized carbons (Fsp3) is 0. The van der Waals surface area contributed by atoms with E-state index in [-0.39, 0.29) is 5.84 Å². The van der Waals surface area contributed by atoms with Crippen molar-refractivity contribution >= 4 is 28.4 Å². The molecule has 0 aliphatic heterocycles. The van der Waals surface area contributed by atoms with Gasteiger partial charge in [0.15, 0.2) is 5.84 Å². The predicted octanol–water partition coefficient (Wildman–Crippen LogP) is 3.48. The fourth-order valence-corrected chi connectivity index (χ4v) is 3.00. The van der Waals surface area contributed by atoms with Crippen LogP contribution in [0.15, 0.2) is 75.9 Å². The van der Waals surface area contributed by atoms with Crippen LogP contribution in [0.3, 0.4) is 0 Å². The number of nitrogens with two attached hydrogens (primary N) is 1. The summed E-state index contributed by atoms with van der Waals surface area (Å²) in [6, 6.07) is 17.9. The summed E-state index contributed by atoms with van der Waals surface area (Å²) in [5.74, 6) is 0.0615. The minimum absolute atomic E-state index is 0.0615. The highest BCUT2D eigenvalue weighted by Gasteiger charge is 2.09. The number of rotatable bonds is 3. The van der Waals surface area contributed by atoms with Crippen molar-refractivity contribution in [3.8, 4) is 0 Å². The monoisotopic (exact) mass is 295 g/mol. The minimum atomic E-state index is 0.0615. The number of hydrogen-bond acceptors (Lipinski definition) is 4. The number of pyridine rings is 1. The molecule has 0 bridgehead atoms. The summed E-state index contributed by atoms with van der Waals surface area (Å²) in [7, 11) is 0. The van der Waals surface area contributed by atoms with E-state index in [1.807, 2.05) is 18.2 Å². The van der Waals surface area contributed by atoms with Crippen LogP contribution in [0.4, 0.5) is 0 Å². The van der Waals surface area contributed by atoms with E-state index in [0.717, 1.165) is 4.90 Å². The Kier molecular flexibility index (Phi) is 3.75. The molecular formula is C16H13N3OS. The maximum Gasteiger partial charge on any atom is 0.172 e. The third-order valence-electron chi connectivity index (χ3n) is 3.09. The summed E-state index contributed by atoms with van der Waals surface area (Å²) < 4.78 is 0. The topological polar surface area (TPSA) is 71.5 Å². The minimum Gasteiger partial charge on any atom is -0.409 e. The number of fused-ring (bicyclic) bond motifs is 1. The fourth-order valence-electron chi connectivity index (χ4n) is 2.06. The van der Waals surface area contributed by atoms with Gasteiger partial charge in [-0.05, 0) is 35.0 Å². The second-order valence-electron chi connectivity index (χ2n) is 4.45. The Morgan fingerprint density at radius 3 is 2.67 bits per heavy atom. The lowest BCUT2D eigenvalue weighted by atomic mass is 10.1. The Hall–Kier alpha value is -2.53. The Balaban J connectivity index is 1.99. The Morgan fingerprint density at radius 1 is 1.05 bits per heavy atom. The average Bonchev–Trinajstić information content (AvgIpc) is 2.54. The van der Waals surface area contributed by atoms with Gasteiger partial charge in [-0.2, -0.15) is 0 Å². The normalized spacial score (nSPS) is 11.7. The first kappa shape index (κ1) is 13.5. The zero-order valence-electron chi connectivity index (χ0n) is 11.1. The lowest BCUT2D eigenvalue weighted by Crippen LogP contribution is -2.14. The second kappa shape index (κ2) is 5.85. The quantitative estimate of drug-likeness (QED) is 0.336. The molecule has 0 aliphatic carbocycles. The molecule has 0 fully saturated rings. The molecule has 21 heavy (non-hydrogen) atoms. The van der Waals surface area contributed by atoms with E-state index in [1.165, 1.54) is 22.5 Å². The van der Waals surface area contributed by atoms with Gasteiger partial charge in [0.1, 0.15) is 5.03 Å². The van der Waals surface area contributed by atoms with Crippen molar-refractivity contribution in [3.05, 3.63) is 66.4 Å². The van der Waals surface area contributed by atoms with Gasteiger partial charge in [0, 0.05) is 11.1 Å². The van der Waals surface area contributed by atoms with Crippen molar-refractivity contribution < 1.29 is 5.21 Å². The highest BCUT2D eigenvalue weighted by atomic mass is 32.2. The standard InChI is InChI=1S/C16H13N3OS/c17-15(19-20)14-6-3-9-18-16(14)21-13-8-7-11-4-1-2-5-12(11)10-13/h1-10,20H,(H2,17,19). The molecule has 0 atom stereocenters.